The average molecular weight is 284 g/mol. The second-order valence-corrected chi connectivity index (χ2v) is 5.40. The molecule has 21 heavy (non-hydrogen) atoms. The standard InChI is InChI=1S/C16H20N4O/c21-16(11-18-13-5-1-2-6-13)19-14-7-3-4-8-15(14)20-10-9-17-12-20/h3-4,7-10,12-13,18H,1-2,5-6,11H2,(H,19,21). The van der Waals surface area contributed by atoms with Crippen LogP contribution >= 0.6 is 0 Å². The van der Waals surface area contributed by atoms with Crippen LogP contribution in [0.25, 0.3) is 5.69 Å². The van der Waals surface area contributed by atoms with Crippen LogP contribution in [0.5, 0.6) is 0 Å². The highest BCUT2D eigenvalue weighted by atomic mass is 16.1. The third kappa shape index (κ3) is 3.49. The van der Waals surface area contributed by atoms with Crippen molar-refractivity contribution in [2.24, 2.45) is 0 Å². The molecule has 1 aromatic heterocycles. The molecule has 2 aromatic rings. The summed E-state index contributed by atoms with van der Waals surface area (Å²) in [6, 6.07) is 8.23. The van der Waals surface area contributed by atoms with E-state index in [1.54, 1.807) is 12.5 Å². The van der Waals surface area contributed by atoms with Gasteiger partial charge in [0.25, 0.3) is 0 Å². The highest BCUT2D eigenvalue weighted by Crippen LogP contribution is 2.20. The Kier molecular flexibility index (Phi) is 4.31. The van der Waals surface area contributed by atoms with Crippen LogP contribution in [0.15, 0.2) is 43.0 Å². The van der Waals surface area contributed by atoms with Crippen molar-refractivity contribution in [3.05, 3.63) is 43.0 Å². The number of hydrogen-bond donors (Lipinski definition) is 2. The van der Waals surface area contributed by atoms with Gasteiger partial charge >= 0.3 is 0 Å². The van der Waals surface area contributed by atoms with Crippen molar-refractivity contribution in [1.82, 2.24) is 14.9 Å². The maximum Gasteiger partial charge on any atom is 0.238 e. The minimum absolute atomic E-state index is 0.00512. The number of para-hydroxylation sites is 2. The van der Waals surface area contributed by atoms with Gasteiger partial charge in [0.1, 0.15) is 0 Å². The van der Waals surface area contributed by atoms with Gasteiger partial charge in [-0.25, -0.2) is 4.98 Å². The van der Waals surface area contributed by atoms with Gasteiger partial charge in [-0.2, -0.15) is 0 Å². The fraction of sp³-hybridized carbons (Fsp3) is 0.375. The van der Waals surface area contributed by atoms with Crippen LogP contribution in [0.4, 0.5) is 5.69 Å². The predicted molar refractivity (Wildman–Crippen MR) is 82.5 cm³/mol. The molecule has 0 aliphatic heterocycles. The van der Waals surface area contributed by atoms with Crippen LogP contribution in [-0.4, -0.2) is 28.0 Å². The lowest BCUT2D eigenvalue weighted by Gasteiger charge is -2.14. The largest absolute Gasteiger partial charge is 0.323 e. The summed E-state index contributed by atoms with van der Waals surface area (Å²) in [4.78, 5) is 16.1. The zero-order chi connectivity index (χ0) is 14.5. The average Bonchev–Trinajstić information content (AvgIpc) is 3.19. The number of anilines is 1. The zero-order valence-corrected chi connectivity index (χ0v) is 12.0. The van der Waals surface area contributed by atoms with Gasteiger partial charge in [-0.05, 0) is 25.0 Å². The topological polar surface area (TPSA) is 59.0 Å². The van der Waals surface area contributed by atoms with E-state index in [2.05, 4.69) is 15.6 Å². The van der Waals surface area contributed by atoms with Gasteiger partial charge in [0.2, 0.25) is 5.91 Å². The summed E-state index contributed by atoms with van der Waals surface area (Å²) in [6.45, 7) is 0.364. The second-order valence-electron chi connectivity index (χ2n) is 5.40. The molecule has 1 aliphatic carbocycles. The molecule has 0 radical (unpaired) electrons. The predicted octanol–water partition coefficient (Wildman–Crippen LogP) is 2.34. The van der Waals surface area contributed by atoms with Crippen LogP contribution in [0, 0.1) is 0 Å². The Hall–Kier alpha value is -2.14. The number of aromatic nitrogens is 2. The van der Waals surface area contributed by atoms with Gasteiger partial charge in [0.05, 0.1) is 24.2 Å². The molecule has 2 N–H and O–H groups in total. The molecule has 5 nitrogen and oxygen atoms in total. The molecule has 1 fully saturated rings. The minimum atomic E-state index is -0.00512. The lowest BCUT2D eigenvalue weighted by atomic mass is 10.2. The summed E-state index contributed by atoms with van der Waals surface area (Å²) in [5.74, 6) is -0.00512. The highest BCUT2D eigenvalue weighted by Gasteiger charge is 2.15. The molecule has 1 heterocycles. The zero-order valence-electron chi connectivity index (χ0n) is 12.0. The number of hydrogen-bond acceptors (Lipinski definition) is 3. The van der Waals surface area contributed by atoms with Crippen LogP contribution in [0.2, 0.25) is 0 Å². The lowest BCUT2D eigenvalue weighted by molar-refractivity contribution is -0.115. The normalized spacial score (nSPS) is 15.2. The monoisotopic (exact) mass is 284 g/mol. The number of nitrogens with zero attached hydrogens (tertiary/aromatic N) is 2. The van der Waals surface area contributed by atoms with Gasteiger partial charge in [-0.15, -0.1) is 0 Å². The Morgan fingerprint density at radius 2 is 2.10 bits per heavy atom. The van der Waals surface area contributed by atoms with E-state index < -0.39 is 0 Å². The quantitative estimate of drug-likeness (QED) is 0.886. The molecule has 1 amide bonds. The van der Waals surface area contributed by atoms with E-state index in [1.165, 1.54) is 25.7 Å². The van der Waals surface area contributed by atoms with Gasteiger partial charge in [-0.3, -0.25) is 4.79 Å². The van der Waals surface area contributed by atoms with E-state index >= 15 is 0 Å². The summed E-state index contributed by atoms with van der Waals surface area (Å²) >= 11 is 0. The maximum atomic E-state index is 12.1. The van der Waals surface area contributed by atoms with E-state index in [0.29, 0.717) is 12.6 Å². The number of carbonyl (C=O) groups is 1. The summed E-state index contributed by atoms with van der Waals surface area (Å²) in [5, 5.41) is 6.30. The van der Waals surface area contributed by atoms with Crippen LogP contribution in [-0.2, 0) is 4.79 Å². The second kappa shape index (κ2) is 6.54. The molecule has 1 aromatic carbocycles. The van der Waals surface area contributed by atoms with Gasteiger partial charge in [0, 0.05) is 18.4 Å². The molecule has 110 valence electrons. The van der Waals surface area contributed by atoms with Gasteiger partial charge < -0.3 is 15.2 Å². The highest BCUT2D eigenvalue weighted by molar-refractivity contribution is 5.94. The third-order valence-corrected chi connectivity index (χ3v) is 3.87. The fourth-order valence-electron chi connectivity index (χ4n) is 2.77. The van der Waals surface area contributed by atoms with Crippen molar-refractivity contribution < 1.29 is 4.79 Å². The number of nitrogens with one attached hydrogen (secondary N) is 2. The Morgan fingerprint density at radius 1 is 1.29 bits per heavy atom. The molecule has 0 spiro atoms. The first kappa shape index (κ1) is 13.8. The maximum absolute atomic E-state index is 12.1. The van der Waals surface area contributed by atoms with Crippen LogP contribution in [0.1, 0.15) is 25.7 Å². The van der Waals surface area contributed by atoms with Gasteiger partial charge in [-0.1, -0.05) is 25.0 Å². The first-order chi connectivity index (χ1) is 10.3. The van der Waals surface area contributed by atoms with Crippen molar-refractivity contribution in [2.45, 2.75) is 31.7 Å². The number of carbonyl (C=O) groups excluding carboxylic acids is 1. The van der Waals surface area contributed by atoms with E-state index in [4.69, 9.17) is 0 Å². The summed E-state index contributed by atoms with van der Waals surface area (Å²) < 4.78 is 1.89. The summed E-state index contributed by atoms with van der Waals surface area (Å²) in [5.41, 5.74) is 1.72. The van der Waals surface area contributed by atoms with Crippen molar-refractivity contribution in [3.8, 4) is 5.69 Å². The molecule has 1 aliphatic rings. The molecule has 0 atom stereocenters. The molecule has 0 saturated heterocycles. The molecule has 3 rings (SSSR count). The minimum Gasteiger partial charge on any atom is -0.323 e. The van der Waals surface area contributed by atoms with E-state index in [9.17, 15) is 4.79 Å². The van der Waals surface area contributed by atoms with E-state index in [0.717, 1.165) is 11.4 Å². The molecule has 1 saturated carbocycles. The number of amides is 1. The fourth-order valence-corrected chi connectivity index (χ4v) is 2.77. The molecule has 0 bridgehead atoms. The lowest BCUT2D eigenvalue weighted by Crippen LogP contribution is -2.34. The van der Waals surface area contributed by atoms with E-state index in [1.807, 2.05) is 35.0 Å². The van der Waals surface area contributed by atoms with Crippen LogP contribution in [0.3, 0.4) is 0 Å². The SMILES string of the molecule is O=C(CNC1CCCC1)Nc1ccccc1-n1ccnc1. The first-order valence-electron chi connectivity index (χ1n) is 7.43. The first-order valence-corrected chi connectivity index (χ1v) is 7.43. The van der Waals surface area contributed by atoms with Crippen molar-refractivity contribution in [1.29, 1.82) is 0 Å². The number of benzene rings is 1. The third-order valence-electron chi connectivity index (χ3n) is 3.87. The Balaban J connectivity index is 1.63. The Morgan fingerprint density at radius 3 is 2.86 bits per heavy atom. The molecular weight excluding hydrogens is 264 g/mol. The molecule has 5 heteroatoms. The number of rotatable bonds is 5. The van der Waals surface area contributed by atoms with Crippen molar-refractivity contribution >= 4 is 11.6 Å². The smallest absolute Gasteiger partial charge is 0.238 e. The number of imidazole rings is 1. The Bertz CT molecular complexity index is 588. The summed E-state index contributed by atoms with van der Waals surface area (Å²) in [6.07, 6.45) is 10.2. The molecule has 0 unspecified atom stereocenters. The van der Waals surface area contributed by atoms with Crippen LogP contribution < -0.4 is 10.6 Å². The van der Waals surface area contributed by atoms with Crippen molar-refractivity contribution in [2.75, 3.05) is 11.9 Å². The van der Waals surface area contributed by atoms with Gasteiger partial charge in [0.15, 0.2) is 0 Å². The Labute approximate surface area is 124 Å². The van der Waals surface area contributed by atoms with E-state index in [-0.39, 0.29) is 5.91 Å². The molecular formula is C16H20N4O. The summed E-state index contributed by atoms with van der Waals surface area (Å²) in [7, 11) is 0. The van der Waals surface area contributed by atoms with Crippen molar-refractivity contribution in [3.63, 3.8) is 0 Å².